The van der Waals surface area contributed by atoms with E-state index < -0.39 is 12.0 Å². The molecule has 0 saturated carbocycles. The zero-order chi connectivity index (χ0) is 19.2. The van der Waals surface area contributed by atoms with Gasteiger partial charge in [-0.05, 0) is 44.7 Å². The first-order valence-electron chi connectivity index (χ1n) is 8.90. The standard InChI is InChI=1S/C20H25N3O3/c1-2-26-20(25)17(12-6-8-14-21)18(13-7-9-15-22)23-19(24)16-10-4-3-5-11-16/h3-5,10-11,17-18H,2,6-9,12-13H2,1H3,(H,23,24)/t17-,18-/m0/s1. The van der Waals surface area contributed by atoms with Crippen LogP contribution in [0.1, 0.15) is 55.8 Å². The molecule has 0 radical (unpaired) electrons. The smallest absolute Gasteiger partial charge is 0.311 e. The second-order valence-electron chi connectivity index (χ2n) is 5.91. The highest BCUT2D eigenvalue weighted by Gasteiger charge is 2.30. The Bertz CT molecular complexity index is 647. The lowest BCUT2D eigenvalue weighted by Gasteiger charge is -2.26. The molecule has 1 aromatic rings. The summed E-state index contributed by atoms with van der Waals surface area (Å²) >= 11 is 0. The summed E-state index contributed by atoms with van der Waals surface area (Å²) in [5.74, 6) is -1.17. The number of carbonyl (C=O) groups is 2. The fraction of sp³-hybridized carbons (Fsp3) is 0.500. The molecular formula is C20H25N3O3. The fourth-order valence-corrected chi connectivity index (χ4v) is 2.75. The van der Waals surface area contributed by atoms with E-state index in [0.29, 0.717) is 44.1 Å². The first-order chi connectivity index (χ1) is 12.6. The van der Waals surface area contributed by atoms with Gasteiger partial charge in [0.15, 0.2) is 0 Å². The van der Waals surface area contributed by atoms with Gasteiger partial charge in [0.1, 0.15) is 0 Å². The van der Waals surface area contributed by atoms with Crippen LogP contribution < -0.4 is 5.32 Å². The summed E-state index contributed by atoms with van der Waals surface area (Å²) in [7, 11) is 0. The number of ether oxygens (including phenoxy) is 1. The molecule has 138 valence electrons. The van der Waals surface area contributed by atoms with Gasteiger partial charge in [-0.15, -0.1) is 0 Å². The normalized spacial score (nSPS) is 12.3. The molecule has 0 aliphatic heterocycles. The maximum Gasteiger partial charge on any atom is 0.311 e. The number of nitrogens with zero attached hydrogens (tertiary/aromatic N) is 2. The number of nitrogens with one attached hydrogen (secondary N) is 1. The SMILES string of the molecule is CCOC(=O)[C@@H](CCCC#N)[C@H](CCCC#N)NC(=O)c1ccccc1. The molecule has 0 bridgehead atoms. The van der Waals surface area contributed by atoms with Crippen molar-refractivity contribution in [2.75, 3.05) is 6.61 Å². The predicted molar refractivity (Wildman–Crippen MR) is 96.7 cm³/mol. The molecule has 1 rings (SSSR count). The maximum atomic E-state index is 12.5. The van der Waals surface area contributed by atoms with Gasteiger partial charge in [-0.2, -0.15) is 10.5 Å². The summed E-state index contributed by atoms with van der Waals surface area (Å²) < 4.78 is 5.17. The van der Waals surface area contributed by atoms with Crippen LogP contribution in [0.3, 0.4) is 0 Å². The van der Waals surface area contributed by atoms with Crippen molar-refractivity contribution in [3.05, 3.63) is 35.9 Å². The summed E-state index contributed by atoms with van der Waals surface area (Å²) in [5.41, 5.74) is 0.511. The minimum atomic E-state index is -0.533. The molecule has 0 fully saturated rings. The molecule has 0 spiro atoms. The average Bonchev–Trinajstić information content (AvgIpc) is 2.65. The zero-order valence-electron chi connectivity index (χ0n) is 15.1. The monoisotopic (exact) mass is 355 g/mol. The number of esters is 1. The average molecular weight is 355 g/mol. The first kappa shape index (κ1) is 21.2. The zero-order valence-corrected chi connectivity index (χ0v) is 15.1. The molecule has 26 heavy (non-hydrogen) atoms. The third kappa shape index (κ3) is 7.36. The van der Waals surface area contributed by atoms with Crippen molar-refractivity contribution < 1.29 is 14.3 Å². The second-order valence-corrected chi connectivity index (χ2v) is 5.91. The Labute approximate surface area is 154 Å². The van der Waals surface area contributed by atoms with E-state index in [1.54, 1.807) is 31.2 Å². The van der Waals surface area contributed by atoms with E-state index in [9.17, 15) is 9.59 Å². The van der Waals surface area contributed by atoms with Gasteiger partial charge in [-0.3, -0.25) is 9.59 Å². The second kappa shape index (κ2) is 12.5. The number of amides is 1. The third-order valence-electron chi connectivity index (χ3n) is 4.03. The van der Waals surface area contributed by atoms with Gasteiger partial charge >= 0.3 is 5.97 Å². The van der Waals surface area contributed by atoms with E-state index in [1.807, 2.05) is 6.07 Å². The summed E-state index contributed by atoms with van der Waals surface area (Å²) in [6.07, 6.45) is 2.78. The largest absolute Gasteiger partial charge is 0.466 e. The summed E-state index contributed by atoms with van der Waals surface area (Å²) in [6, 6.07) is 12.5. The molecule has 0 aromatic heterocycles. The molecular weight excluding hydrogens is 330 g/mol. The van der Waals surface area contributed by atoms with Crippen LogP contribution in [0, 0.1) is 28.6 Å². The van der Waals surface area contributed by atoms with E-state index in [4.69, 9.17) is 15.3 Å². The molecule has 0 unspecified atom stereocenters. The third-order valence-corrected chi connectivity index (χ3v) is 4.03. The maximum absolute atomic E-state index is 12.5. The van der Waals surface area contributed by atoms with Crippen LogP contribution in [0.25, 0.3) is 0 Å². The molecule has 0 aliphatic carbocycles. The Kier molecular flexibility index (Phi) is 10.2. The highest BCUT2D eigenvalue weighted by atomic mass is 16.5. The predicted octanol–water partition coefficient (Wildman–Crippen LogP) is 3.35. The van der Waals surface area contributed by atoms with Crippen LogP contribution in [0.2, 0.25) is 0 Å². The van der Waals surface area contributed by atoms with Crippen LogP contribution in [0.15, 0.2) is 30.3 Å². The molecule has 6 heteroatoms. The highest BCUT2D eigenvalue weighted by molar-refractivity contribution is 5.94. The molecule has 1 aromatic carbocycles. The van der Waals surface area contributed by atoms with Crippen molar-refractivity contribution in [2.24, 2.45) is 5.92 Å². The molecule has 0 saturated heterocycles. The number of nitriles is 2. The van der Waals surface area contributed by atoms with Crippen molar-refractivity contribution in [2.45, 2.75) is 51.5 Å². The molecule has 0 heterocycles. The van der Waals surface area contributed by atoms with Gasteiger partial charge < -0.3 is 10.1 Å². The van der Waals surface area contributed by atoms with Crippen LogP contribution in [-0.2, 0) is 9.53 Å². The van der Waals surface area contributed by atoms with Gasteiger partial charge in [0.25, 0.3) is 5.91 Å². The Hall–Kier alpha value is -2.86. The number of benzene rings is 1. The van der Waals surface area contributed by atoms with E-state index in [1.165, 1.54) is 0 Å². The summed E-state index contributed by atoms with van der Waals surface area (Å²) in [4.78, 5) is 24.9. The van der Waals surface area contributed by atoms with Crippen molar-refractivity contribution in [1.29, 1.82) is 10.5 Å². The van der Waals surface area contributed by atoms with Crippen molar-refractivity contribution >= 4 is 11.9 Å². The van der Waals surface area contributed by atoms with Gasteiger partial charge in [-0.1, -0.05) is 18.2 Å². The van der Waals surface area contributed by atoms with E-state index in [-0.39, 0.29) is 18.5 Å². The highest BCUT2D eigenvalue weighted by Crippen LogP contribution is 2.20. The minimum Gasteiger partial charge on any atom is -0.466 e. The number of carbonyl (C=O) groups excluding carboxylic acids is 2. The molecule has 1 N–H and O–H groups in total. The fourth-order valence-electron chi connectivity index (χ4n) is 2.75. The Balaban J connectivity index is 2.93. The molecule has 0 aliphatic rings. The number of unbranched alkanes of at least 4 members (excludes halogenated alkanes) is 2. The quantitative estimate of drug-likeness (QED) is 0.484. The van der Waals surface area contributed by atoms with E-state index in [2.05, 4.69) is 17.5 Å². The number of rotatable bonds is 11. The molecule has 1 amide bonds. The lowest BCUT2D eigenvalue weighted by Crippen LogP contribution is -2.44. The number of hydrogen-bond donors (Lipinski definition) is 1. The minimum absolute atomic E-state index is 0.255. The number of hydrogen-bond acceptors (Lipinski definition) is 5. The summed E-state index contributed by atoms with van der Waals surface area (Å²) in [6.45, 7) is 1.99. The molecule has 6 nitrogen and oxygen atoms in total. The van der Waals surface area contributed by atoms with Gasteiger partial charge in [-0.25, -0.2) is 0 Å². The Morgan fingerprint density at radius 3 is 2.27 bits per heavy atom. The van der Waals surface area contributed by atoms with Crippen molar-refractivity contribution in [1.82, 2.24) is 5.32 Å². The topological polar surface area (TPSA) is 103 Å². The molecule has 2 atom stereocenters. The summed E-state index contributed by atoms with van der Waals surface area (Å²) in [5, 5.41) is 20.5. The Morgan fingerprint density at radius 2 is 1.69 bits per heavy atom. The van der Waals surface area contributed by atoms with E-state index >= 15 is 0 Å². The van der Waals surface area contributed by atoms with Gasteiger partial charge in [0.05, 0.1) is 24.7 Å². The van der Waals surface area contributed by atoms with Gasteiger partial charge in [0, 0.05) is 24.4 Å². The van der Waals surface area contributed by atoms with Gasteiger partial charge in [0.2, 0.25) is 0 Å². The Morgan fingerprint density at radius 1 is 1.08 bits per heavy atom. The van der Waals surface area contributed by atoms with Crippen molar-refractivity contribution in [3.8, 4) is 12.1 Å². The lowest BCUT2D eigenvalue weighted by atomic mass is 9.90. The van der Waals surface area contributed by atoms with E-state index in [0.717, 1.165) is 0 Å². The van der Waals surface area contributed by atoms with Crippen LogP contribution >= 0.6 is 0 Å². The first-order valence-corrected chi connectivity index (χ1v) is 8.90. The lowest BCUT2D eigenvalue weighted by molar-refractivity contribution is -0.149. The van der Waals surface area contributed by atoms with Crippen molar-refractivity contribution in [3.63, 3.8) is 0 Å². The van der Waals surface area contributed by atoms with Crippen LogP contribution in [0.4, 0.5) is 0 Å². The van der Waals surface area contributed by atoms with Crippen LogP contribution in [0.5, 0.6) is 0 Å². The van der Waals surface area contributed by atoms with Crippen LogP contribution in [-0.4, -0.2) is 24.5 Å².